The Balaban J connectivity index is 1.73. The number of aromatic nitrogens is 1. The molecule has 2 heterocycles. The Morgan fingerprint density at radius 3 is 2.60 bits per heavy atom. The number of pyridine rings is 1. The first kappa shape index (κ1) is 13.5. The SMILES string of the molecule is CC1CC(C)CN(c2ccc(N)c(OCC3CC3)n2)C1. The number of hydrogen-bond acceptors (Lipinski definition) is 4. The first-order valence-corrected chi connectivity index (χ1v) is 7.76. The molecule has 2 unspecified atom stereocenters. The van der Waals surface area contributed by atoms with Crippen molar-refractivity contribution in [2.24, 2.45) is 17.8 Å². The molecule has 4 heteroatoms. The van der Waals surface area contributed by atoms with E-state index in [2.05, 4.69) is 23.7 Å². The van der Waals surface area contributed by atoms with E-state index in [1.807, 2.05) is 12.1 Å². The molecule has 0 spiro atoms. The average molecular weight is 275 g/mol. The summed E-state index contributed by atoms with van der Waals surface area (Å²) >= 11 is 0. The van der Waals surface area contributed by atoms with E-state index in [9.17, 15) is 0 Å². The van der Waals surface area contributed by atoms with Crippen LogP contribution in [0.4, 0.5) is 11.5 Å². The molecular weight excluding hydrogens is 250 g/mol. The molecule has 1 saturated heterocycles. The van der Waals surface area contributed by atoms with Gasteiger partial charge in [-0.3, -0.25) is 0 Å². The van der Waals surface area contributed by atoms with E-state index in [0.29, 0.717) is 23.4 Å². The van der Waals surface area contributed by atoms with Gasteiger partial charge in [-0.2, -0.15) is 4.98 Å². The molecular formula is C16H25N3O. The van der Waals surface area contributed by atoms with E-state index in [-0.39, 0.29) is 0 Å². The topological polar surface area (TPSA) is 51.4 Å². The fourth-order valence-electron chi connectivity index (χ4n) is 3.06. The van der Waals surface area contributed by atoms with Crippen LogP contribution in [0.2, 0.25) is 0 Å². The predicted molar refractivity (Wildman–Crippen MR) is 82.0 cm³/mol. The molecule has 0 radical (unpaired) electrons. The second kappa shape index (κ2) is 5.51. The van der Waals surface area contributed by atoms with Crippen molar-refractivity contribution in [2.45, 2.75) is 33.1 Å². The van der Waals surface area contributed by atoms with Gasteiger partial charge in [0, 0.05) is 13.1 Å². The van der Waals surface area contributed by atoms with Gasteiger partial charge in [0.25, 0.3) is 0 Å². The zero-order valence-corrected chi connectivity index (χ0v) is 12.5. The highest BCUT2D eigenvalue weighted by Crippen LogP contribution is 2.32. The van der Waals surface area contributed by atoms with E-state index in [1.54, 1.807) is 0 Å². The molecule has 2 aliphatic rings. The van der Waals surface area contributed by atoms with Gasteiger partial charge in [0.1, 0.15) is 5.82 Å². The van der Waals surface area contributed by atoms with Gasteiger partial charge in [0.15, 0.2) is 0 Å². The van der Waals surface area contributed by atoms with E-state index in [4.69, 9.17) is 10.5 Å². The summed E-state index contributed by atoms with van der Waals surface area (Å²) in [6.07, 6.45) is 3.86. The smallest absolute Gasteiger partial charge is 0.239 e. The third kappa shape index (κ3) is 3.17. The molecule has 1 saturated carbocycles. The zero-order valence-electron chi connectivity index (χ0n) is 12.5. The van der Waals surface area contributed by atoms with Gasteiger partial charge in [-0.25, -0.2) is 0 Å². The number of hydrogen-bond donors (Lipinski definition) is 1. The van der Waals surface area contributed by atoms with Crippen LogP contribution >= 0.6 is 0 Å². The van der Waals surface area contributed by atoms with Crippen LogP contribution in [0.5, 0.6) is 5.88 Å². The van der Waals surface area contributed by atoms with E-state index >= 15 is 0 Å². The highest BCUT2D eigenvalue weighted by atomic mass is 16.5. The van der Waals surface area contributed by atoms with Crippen LogP contribution in [-0.4, -0.2) is 24.7 Å². The van der Waals surface area contributed by atoms with E-state index < -0.39 is 0 Å². The highest BCUT2D eigenvalue weighted by Gasteiger charge is 2.25. The first-order valence-electron chi connectivity index (χ1n) is 7.76. The van der Waals surface area contributed by atoms with Crippen molar-refractivity contribution in [2.75, 3.05) is 30.3 Å². The van der Waals surface area contributed by atoms with Crippen molar-refractivity contribution in [1.82, 2.24) is 4.98 Å². The number of nitrogen functional groups attached to an aromatic ring is 1. The number of nitrogens with two attached hydrogens (primary N) is 1. The Labute approximate surface area is 121 Å². The molecule has 2 N–H and O–H groups in total. The Hall–Kier alpha value is -1.45. The standard InChI is InChI=1S/C16H25N3O/c1-11-7-12(2)9-19(8-11)15-6-5-14(17)16(18-15)20-10-13-3-4-13/h5-6,11-13H,3-4,7-10,17H2,1-2H3. The van der Waals surface area contributed by atoms with E-state index in [1.165, 1.54) is 19.3 Å². The largest absolute Gasteiger partial charge is 0.476 e. The van der Waals surface area contributed by atoms with Crippen LogP contribution in [0.1, 0.15) is 33.1 Å². The lowest BCUT2D eigenvalue weighted by molar-refractivity contribution is 0.289. The number of piperidine rings is 1. The fraction of sp³-hybridized carbons (Fsp3) is 0.688. The summed E-state index contributed by atoms with van der Waals surface area (Å²) in [6, 6.07) is 3.94. The first-order chi connectivity index (χ1) is 9.61. The monoisotopic (exact) mass is 275 g/mol. The van der Waals surface area contributed by atoms with Gasteiger partial charge < -0.3 is 15.4 Å². The molecule has 0 aromatic carbocycles. The van der Waals surface area contributed by atoms with Gasteiger partial charge >= 0.3 is 0 Å². The maximum atomic E-state index is 5.97. The minimum Gasteiger partial charge on any atom is -0.476 e. The van der Waals surface area contributed by atoms with Crippen molar-refractivity contribution in [3.05, 3.63) is 12.1 Å². The van der Waals surface area contributed by atoms with Crippen molar-refractivity contribution in [3.63, 3.8) is 0 Å². The van der Waals surface area contributed by atoms with Gasteiger partial charge in [0.05, 0.1) is 12.3 Å². The molecule has 20 heavy (non-hydrogen) atoms. The number of anilines is 2. The van der Waals surface area contributed by atoms with Gasteiger partial charge in [0.2, 0.25) is 5.88 Å². The van der Waals surface area contributed by atoms with Crippen LogP contribution in [0.25, 0.3) is 0 Å². The predicted octanol–water partition coefficient (Wildman–Crippen LogP) is 2.93. The summed E-state index contributed by atoms with van der Waals surface area (Å²) < 4.78 is 5.78. The van der Waals surface area contributed by atoms with Gasteiger partial charge in [-0.05, 0) is 49.1 Å². The van der Waals surface area contributed by atoms with Crippen molar-refractivity contribution in [3.8, 4) is 5.88 Å². The highest BCUT2D eigenvalue weighted by molar-refractivity contribution is 5.54. The third-order valence-electron chi connectivity index (χ3n) is 4.22. The minimum absolute atomic E-state index is 0.611. The molecule has 0 bridgehead atoms. The van der Waals surface area contributed by atoms with Crippen molar-refractivity contribution >= 4 is 11.5 Å². The molecule has 1 aliphatic heterocycles. The maximum Gasteiger partial charge on any atom is 0.239 e. The lowest BCUT2D eigenvalue weighted by Gasteiger charge is -2.35. The second-order valence-electron chi connectivity index (χ2n) is 6.67. The Morgan fingerprint density at radius 1 is 1.25 bits per heavy atom. The van der Waals surface area contributed by atoms with E-state index in [0.717, 1.165) is 31.4 Å². The Morgan fingerprint density at radius 2 is 1.95 bits per heavy atom. The fourth-order valence-corrected chi connectivity index (χ4v) is 3.06. The molecule has 2 atom stereocenters. The Kier molecular flexibility index (Phi) is 3.72. The average Bonchev–Trinajstić information content (AvgIpc) is 3.20. The second-order valence-corrected chi connectivity index (χ2v) is 6.67. The number of ether oxygens (including phenoxy) is 1. The number of nitrogens with zero attached hydrogens (tertiary/aromatic N) is 2. The van der Waals surface area contributed by atoms with Crippen molar-refractivity contribution in [1.29, 1.82) is 0 Å². The molecule has 1 aliphatic carbocycles. The molecule has 1 aromatic heterocycles. The van der Waals surface area contributed by atoms with Gasteiger partial charge in [-0.1, -0.05) is 13.8 Å². The summed E-state index contributed by atoms with van der Waals surface area (Å²) in [6.45, 7) is 7.52. The van der Waals surface area contributed by atoms with Crippen LogP contribution in [0.15, 0.2) is 12.1 Å². The summed E-state index contributed by atoms with van der Waals surface area (Å²) in [7, 11) is 0. The maximum absolute atomic E-state index is 5.97. The van der Waals surface area contributed by atoms with Crippen LogP contribution in [0, 0.1) is 17.8 Å². The quantitative estimate of drug-likeness (QED) is 0.918. The summed E-state index contributed by atoms with van der Waals surface area (Å²) in [5, 5.41) is 0. The van der Waals surface area contributed by atoms with Crippen LogP contribution < -0.4 is 15.4 Å². The lowest BCUT2D eigenvalue weighted by Crippen LogP contribution is -2.39. The molecule has 2 fully saturated rings. The van der Waals surface area contributed by atoms with Crippen LogP contribution in [0.3, 0.4) is 0 Å². The molecule has 0 amide bonds. The normalized spacial score (nSPS) is 26.6. The number of rotatable bonds is 4. The lowest BCUT2D eigenvalue weighted by atomic mass is 9.92. The molecule has 3 rings (SSSR count). The van der Waals surface area contributed by atoms with Gasteiger partial charge in [-0.15, -0.1) is 0 Å². The molecule has 4 nitrogen and oxygen atoms in total. The third-order valence-corrected chi connectivity index (χ3v) is 4.22. The van der Waals surface area contributed by atoms with Crippen molar-refractivity contribution < 1.29 is 4.74 Å². The summed E-state index contributed by atoms with van der Waals surface area (Å²) in [5.74, 6) is 3.77. The zero-order chi connectivity index (χ0) is 14.1. The molecule has 1 aromatic rings. The minimum atomic E-state index is 0.611. The summed E-state index contributed by atoms with van der Waals surface area (Å²) in [5.41, 5.74) is 6.62. The Bertz CT molecular complexity index is 463. The summed E-state index contributed by atoms with van der Waals surface area (Å²) in [4.78, 5) is 7.01. The van der Waals surface area contributed by atoms with Crippen LogP contribution in [-0.2, 0) is 0 Å². The molecule has 110 valence electrons.